The number of methoxy groups -OCH3 is 3. The van der Waals surface area contributed by atoms with Gasteiger partial charge >= 0.3 is 18.2 Å². The van der Waals surface area contributed by atoms with Crippen molar-refractivity contribution in [3.8, 4) is 0 Å². The van der Waals surface area contributed by atoms with Gasteiger partial charge in [0.1, 0.15) is 0 Å². The monoisotopic (exact) mass is 190 g/mol. The molecule has 0 aromatic rings. The molecule has 0 atom stereocenters. The van der Waals surface area contributed by atoms with Gasteiger partial charge < -0.3 is 14.2 Å². The summed E-state index contributed by atoms with van der Waals surface area (Å²) in [6, 6.07) is -0.293. The molecule has 0 spiro atoms. The molecule has 7 heteroatoms. The number of hydrogen-bond donors (Lipinski definition) is 1. The summed E-state index contributed by atoms with van der Waals surface area (Å²) in [6.07, 6.45) is -1.67. The van der Waals surface area contributed by atoms with E-state index in [1.165, 1.54) is 14.2 Å². The zero-order valence-electron chi connectivity index (χ0n) is 7.49. The number of nitrogens with one attached hydrogen (secondary N) is 1. The van der Waals surface area contributed by atoms with E-state index in [-0.39, 0.29) is 6.02 Å². The number of amidine groups is 1. The van der Waals surface area contributed by atoms with E-state index in [1.54, 1.807) is 0 Å². The third-order valence-corrected chi connectivity index (χ3v) is 0.955. The molecule has 7 nitrogen and oxygen atoms in total. The Bertz CT molecular complexity index is 225. The Morgan fingerprint density at radius 1 is 1.08 bits per heavy atom. The number of rotatable bonds is 0. The molecule has 0 unspecified atom stereocenters. The quantitative estimate of drug-likeness (QED) is 0.432. The number of alkyl carbamates (subject to hydrolysis) is 1. The van der Waals surface area contributed by atoms with Crippen LogP contribution in [0.4, 0.5) is 9.59 Å². The largest absolute Gasteiger partial charge is 0.468 e. The van der Waals surface area contributed by atoms with E-state index in [9.17, 15) is 9.59 Å². The molecule has 0 bridgehead atoms. The Morgan fingerprint density at radius 2 is 1.69 bits per heavy atom. The maximum atomic E-state index is 10.6. The summed E-state index contributed by atoms with van der Waals surface area (Å²) >= 11 is 0. The molecule has 0 aromatic heterocycles. The summed E-state index contributed by atoms with van der Waals surface area (Å²) in [6.45, 7) is 0. The first-order chi connectivity index (χ1) is 6.13. The molecule has 0 saturated heterocycles. The molecule has 0 aliphatic heterocycles. The Balaban J connectivity index is 4.25. The van der Waals surface area contributed by atoms with Gasteiger partial charge in [-0.1, -0.05) is 0 Å². The molecular formula is C6H10N2O5. The number of ether oxygens (including phenoxy) is 3. The van der Waals surface area contributed by atoms with Gasteiger partial charge in [0, 0.05) is 0 Å². The molecule has 0 aliphatic rings. The first-order valence-electron chi connectivity index (χ1n) is 3.19. The van der Waals surface area contributed by atoms with Crippen LogP contribution in [-0.2, 0) is 14.2 Å². The lowest BCUT2D eigenvalue weighted by Crippen LogP contribution is -2.32. The fourth-order valence-electron chi connectivity index (χ4n) is 0.392. The molecular weight excluding hydrogens is 180 g/mol. The van der Waals surface area contributed by atoms with E-state index >= 15 is 0 Å². The van der Waals surface area contributed by atoms with Gasteiger partial charge in [0.15, 0.2) is 0 Å². The smallest absolute Gasteiger partial charge is 0.437 e. The predicted molar refractivity (Wildman–Crippen MR) is 42.4 cm³/mol. The predicted octanol–water partition coefficient (Wildman–Crippen LogP) is 0.111. The van der Waals surface area contributed by atoms with Crippen LogP contribution in [0.2, 0.25) is 0 Å². The SMILES string of the molecule is COC(=O)/N=C(/NC(=O)OC)OC. The second kappa shape index (κ2) is 5.81. The summed E-state index contributed by atoms with van der Waals surface area (Å²) in [7, 11) is 3.55. The van der Waals surface area contributed by atoms with Gasteiger partial charge in [-0.3, -0.25) is 0 Å². The minimum absolute atomic E-state index is 0.293. The van der Waals surface area contributed by atoms with Crippen molar-refractivity contribution in [2.75, 3.05) is 21.3 Å². The molecule has 0 heterocycles. The van der Waals surface area contributed by atoms with Crippen molar-refractivity contribution in [3.05, 3.63) is 0 Å². The molecule has 0 aromatic carbocycles. The summed E-state index contributed by atoms with van der Waals surface area (Å²) in [5.41, 5.74) is 0. The van der Waals surface area contributed by atoms with E-state index in [0.717, 1.165) is 7.11 Å². The standard InChI is InChI=1S/C6H10N2O5/c1-11-4(7-5(9)12-2)8-6(10)13-3/h1-3H3,(H,7,8,9,10). The Morgan fingerprint density at radius 3 is 2.08 bits per heavy atom. The van der Waals surface area contributed by atoms with Crippen LogP contribution in [0.15, 0.2) is 4.99 Å². The summed E-state index contributed by atoms with van der Waals surface area (Å²) < 4.78 is 13.0. The first-order valence-corrected chi connectivity index (χ1v) is 3.19. The van der Waals surface area contributed by atoms with Crippen molar-refractivity contribution in [1.82, 2.24) is 5.32 Å². The van der Waals surface area contributed by atoms with Crippen molar-refractivity contribution in [1.29, 1.82) is 0 Å². The number of amides is 2. The zero-order valence-corrected chi connectivity index (χ0v) is 7.49. The van der Waals surface area contributed by atoms with Gasteiger partial charge in [-0.05, 0) is 0 Å². The van der Waals surface area contributed by atoms with Crippen LogP contribution in [0.3, 0.4) is 0 Å². The van der Waals surface area contributed by atoms with Crippen LogP contribution < -0.4 is 5.32 Å². The molecule has 13 heavy (non-hydrogen) atoms. The number of aliphatic imine (C=N–C) groups is 1. The fraction of sp³-hybridized carbons (Fsp3) is 0.500. The molecule has 74 valence electrons. The molecule has 0 radical (unpaired) electrons. The average Bonchev–Trinajstić information content (AvgIpc) is 2.16. The van der Waals surface area contributed by atoms with Crippen LogP contribution in [0.5, 0.6) is 0 Å². The van der Waals surface area contributed by atoms with Gasteiger partial charge in [0.05, 0.1) is 21.3 Å². The molecule has 0 aliphatic carbocycles. The normalized spacial score (nSPS) is 10.2. The Hall–Kier alpha value is -1.79. The van der Waals surface area contributed by atoms with Crippen LogP contribution in [0.1, 0.15) is 0 Å². The molecule has 0 fully saturated rings. The highest BCUT2D eigenvalue weighted by atomic mass is 16.6. The number of carbonyl (C=O) groups is 2. The third-order valence-electron chi connectivity index (χ3n) is 0.955. The Kier molecular flexibility index (Phi) is 5.01. The minimum atomic E-state index is -0.881. The topological polar surface area (TPSA) is 86.2 Å². The van der Waals surface area contributed by atoms with Crippen molar-refractivity contribution >= 4 is 18.2 Å². The highest BCUT2D eigenvalue weighted by molar-refractivity contribution is 5.95. The van der Waals surface area contributed by atoms with Crippen molar-refractivity contribution in [2.45, 2.75) is 0 Å². The number of hydrogen-bond acceptors (Lipinski definition) is 5. The van der Waals surface area contributed by atoms with Gasteiger partial charge in [-0.25, -0.2) is 14.9 Å². The van der Waals surface area contributed by atoms with E-state index in [4.69, 9.17) is 0 Å². The maximum Gasteiger partial charge on any atom is 0.437 e. The lowest BCUT2D eigenvalue weighted by atomic mass is 10.9. The highest BCUT2D eigenvalue weighted by Gasteiger charge is 2.07. The van der Waals surface area contributed by atoms with Crippen molar-refractivity contribution in [3.63, 3.8) is 0 Å². The first kappa shape index (κ1) is 11.2. The second-order valence-electron chi connectivity index (χ2n) is 1.71. The van der Waals surface area contributed by atoms with Crippen LogP contribution in [-0.4, -0.2) is 39.5 Å². The lowest BCUT2D eigenvalue weighted by Gasteiger charge is -2.04. The molecule has 1 N–H and O–H groups in total. The average molecular weight is 190 g/mol. The fourth-order valence-corrected chi connectivity index (χ4v) is 0.392. The van der Waals surface area contributed by atoms with Crippen LogP contribution >= 0.6 is 0 Å². The maximum absolute atomic E-state index is 10.6. The minimum Gasteiger partial charge on any atom is -0.468 e. The Labute approximate surface area is 74.7 Å². The van der Waals surface area contributed by atoms with Gasteiger partial charge in [-0.2, -0.15) is 0 Å². The molecule has 0 saturated carbocycles. The van der Waals surface area contributed by atoms with Crippen LogP contribution in [0, 0.1) is 0 Å². The molecule has 0 rings (SSSR count). The lowest BCUT2D eigenvalue weighted by molar-refractivity contribution is 0.173. The van der Waals surface area contributed by atoms with Gasteiger partial charge in [-0.15, -0.1) is 4.99 Å². The van der Waals surface area contributed by atoms with Crippen molar-refractivity contribution in [2.24, 2.45) is 4.99 Å². The van der Waals surface area contributed by atoms with Gasteiger partial charge in [0.2, 0.25) is 0 Å². The summed E-state index contributed by atoms with van der Waals surface area (Å²) in [4.78, 5) is 24.4. The zero-order chi connectivity index (χ0) is 10.3. The highest BCUT2D eigenvalue weighted by Crippen LogP contribution is 1.84. The summed E-state index contributed by atoms with van der Waals surface area (Å²) in [5.74, 6) is 0. The van der Waals surface area contributed by atoms with E-state index in [1.807, 2.05) is 5.32 Å². The summed E-state index contributed by atoms with van der Waals surface area (Å²) in [5, 5.41) is 2.05. The van der Waals surface area contributed by atoms with E-state index < -0.39 is 12.2 Å². The van der Waals surface area contributed by atoms with Gasteiger partial charge in [0.25, 0.3) is 0 Å². The third kappa shape index (κ3) is 4.62. The second-order valence-corrected chi connectivity index (χ2v) is 1.71. The molecule has 2 amide bonds. The van der Waals surface area contributed by atoms with E-state index in [0.29, 0.717) is 0 Å². The van der Waals surface area contributed by atoms with E-state index in [2.05, 4.69) is 19.2 Å². The number of carbonyl (C=O) groups excluding carboxylic acids is 2. The number of nitrogens with zero attached hydrogens (tertiary/aromatic N) is 1. The van der Waals surface area contributed by atoms with Crippen molar-refractivity contribution < 1.29 is 23.8 Å². The van der Waals surface area contributed by atoms with Crippen LogP contribution in [0.25, 0.3) is 0 Å².